The Labute approximate surface area is 197 Å². The summed E-state index contributed by atoms with van der Waals surface area (Å²) in [5, 5.41) is 21.2. The van der Waals surface area contributed by atoms with Crippen LogP contribution in [0.2, 0.25) is 0 Å². The van der Waals surface area contributed by atoms with Crippen LogP contribution in [0.3, 0.4) is 0 Å². The van der Waals surface area contributed by atoms with Crippen molar-refractivity contribution in [2.45, 2.75) is 49.7 Å². The molecular weight excluding hydrogens is 438 g/mol. The van der Waals surface area contributed by atoms with E-state index in [2.05, 4.69) is 66.6 Å². The quantitative estimate of drug-likeness (QED) is 0.435. The SMILES string of the molecule is CCn1c(SCC(=O)Nc2ccccc2SCC#N)nnc1-c1ccc(C(C)(C)C)cc1. The number of carbonyl (C=O) groups is 1. The number of nitriles is 1. The predicted octanol–water partition coefficient (Wildman–Crippen LogP) is 5.61. The van der Waals surface area contributed by atoms with Crippen molar-refractivity contribution in [3.63, 3.8) is 0 Å². The van der Waals surface area contributed by atoms with Gasteiger partial charge >= 0.3 is 0 Å². The molecule has 0 bridgehead atoms. The molecule has 1 amide bonds. The molecule has 0 unspecified atom stereocenters. The fourth-order valence-corrected chi connectivity index (χ4v) is 4.61. The number of carbonyl (C=O) groups excluding carboxylic acids is 1. The molecule has 0 atom stereocenters. The highest BCUT2D eigenvalue weighted by Gasteiger charge is 2.17. The first-order valence-corrected chi connectivity index (χ1v) is 12.4. The Morgan fingerprint density at radius 2 is 1.81 bits per heavy atom. The number of anilines is 1. The van der Waals surface area contributed by atoms with Gasteiger partial charge in [0, 0.05) is 17.0 Å². The van der Waals surface area contributed by atoms with E-state index in [1.54, 1.807) is 0 Å². The Hall–Kier alpha value is -2.76. The van der Waals surface area contributed by atoms with Gasteiger partial charge in [-0.25, -0.2) is 0 Å². The number of aromatic nitrogens is 3. The molecule has 8 heteroatoms. The van der Waals surface area contributed by atoms with Crippen LogP contribution in [0.4, 0.5) is 5.69 Å². The molecule has 6 nitrogen and oxygen atoms in total. The molecule has 32 heavy (non-hydrogen) atoms. The lowest BCUT2D eigenvalue weighted by Gasteiger charge is -2.19. The van der Waals surface area contributed by atoms with Crippen molar-refractivity contribution in [2.24, 2.45) is 0 Å². The summed E-state index contributed by atoms with van der Waals surface area (Å²) in [6.07, 6.45) is 0. The van der Waals surface area contributed by atoms with Crippen LogP contribution in [0, 0.1) is 11.3 Å². The second-order valence-corrected chi connectivity index (χ2v) is 10.1. The molecular formula is C24H27N5OS2. The van der Waals surface area contributed by atoms with E-state index in [9.17, 15) is 4.79 Å². The first-order chi connectivity index (χ1) is 15.3. The summed E-state index contributed by atoms with van der Waals surface area (Å²) >= 11 is 2.77. The molecule has 0 fully saturated rings. The zero-order valence-corrected chi connectivity index (χ0v) is 20.4. The van der Waals surface area contributed by atoms with Crippen LogP contribution in [-0.2, 0) is 16.8 Å². The Kier molecular flexibility index (Phi) is 7.99. The summed E-state index contributed by atoms with van der Waals surface area (Å²) in [6, 6.07) is 18.0. The van der Waals surface area contributed by atoms with Gasteiger partial charge in [-0.2, -0.15) is 5.26 Å². The second kappa shape index (κ2) is 10.7. The smallest absolute Gasteiger partial charge is 0.234 e. The third kappa shape index (κ3) is 5.93. The summed E-state index contributed by atoms with van der Waals surface area (Å²) in [4.78, 5) is 13.4. The van der Waals surface area contributed by atoms with Crippen molar-refractivity contribution >= 4 is 35.1 Å². The van der Waals surface area contributed by atoms with Crippen molar-refractivity contribution in [2.75, 3.05) is 16.8 Å². The fraction of sp³-hybridized carbons (Fsp3) is 0.333. The summed E-state index contributed by atoms with van der Waals surface area (Å²) in [6.45, 7) is 9.33. The fourth-order valence-electron chi connectivity index (χ4n) is 3.14. The van der Waals surface area contributed by atoms with Crippen LogP contribution < -0.4 is 5.32 Å². The predicted molar refractivity (Wildman–Crippen MR) is 132 cm³/mol. The summed E-state index contributed by atoms with van der Waals surface area (Å²) in [7, 11) is 0. The van der Waals surface area contributed by atoms with Crippen LogP contribution in [0.1, 0.15) is 33.3 Å². The average molecular weight is 466 g/mol. The van der Waals surface area contributed by atoms with E-state index >= 15 is 0 Å². The number of nitrogens with one attached hydrogen (secondary N) is 1. The van der Waals surface area contributed by atoms with Gasteiger partial charge in [0.2, 0.25) is 5.91 Å². The molecule has 0 radical (unpaired) electrons. The number of hydrogen-bond acceptors (Lipinski definition) is 6. The van der Waals surface area contributed by atoms with E-state index in [0.717, 1.165) is 22.0 Å². The average Bonchev–Trinajstić information content (AvgIpc) is 3.19. The molecule has 1 N–H and O–H groups in total. The molecule has 0 aliphatic heterocycles. The van der Waals surface area contributed by atoms with Crippen molar-refractivity contribution in [1.29, 1.82) is 5.26 Å². The Bertz CT molecular complexity index is 1110. The minimum atomic E-state index is -0.123. The second-order valence-electron chi connectivity index (χ2n) is 8.16. The van der Waals surface area contributed by atoms with Crippen LogP contribution in [0.5, 0.6) is 0 Å². The standard InChI is InChI=1S/C24H27N5OS2/c1-5-29-22(17-10-12-18(13-11-17)24(2,3)4)27-28-23(29)32-16-21(30)26-19-8-6-7-9-20(19)31-15-14-25/h6-13H,5,15-16H2,1-4H3,(H,26,30). The molecule has 0 spiro atoms. The van der Waals surface area contributed by atoms with Crippen LogP contribution in [0.15, 0.2) is 58.6 Å². The lowest BCUT2D eigenvalue weighted by Crippen LogP contribution is -2.15. The lowest BCUT2D eigenvalue weighted by molar-refractivity contribution is -0.113. The van der Waals surface area contributed by atoms with Gasteiger partial charge in [-0.3, -0.25) is 4.79 Å². The molecule has 0 aliphatic rings. The maximum Gasteiger partial charge on any atom is 0.234 e. The van der Waals surface area contributed by atoms with E-state index in [4.69, 9.17) is 5.26 Å². The zero-order valence-electron chi connectivity index (χ0n) is 18.8. The minimum Gasteiger partial charge on any atom is -0.324 e. The van der Waals surface area contributed by atoms with Gasteiger partial charge in [0.1, 0.15) is 0 Å². The topological polar surface area (TPSA) is 83.6 Å². The van der Waals surface area contributed by atoms with Gasteiger partial charge < -0.3 is 9.88 Å². The Balaban J connectivity index is 1.68. The highest BCUT2D eigenvalue weighted by molar-refractivity contribution is 8.00. The van der Waals surface area contributed by atoms with Crippen molar-refractivity contribution in [3.05, 3.63) is 54.1 Å². The normalized spacial score (nSPS) is 11.2. The molecule has 0 saturated carbocycles. The number of benzene rings is 2. The molecule has 0 saturated heterocycles. The van der Waals surface area contributed by atoms with Crippen molar-refractivity contribution < 1.29 is 4.79 Å². The number of hydrogen-bond donors (Lipinski definition) is 1. The number of thioether (sulfide) groups is 2. The summed E-state index contributed by atoms with van der Waals surface area (Å²) in [5.41, 5.74) is 3.09. The van der Waals surface area contributed by atoms with E-state index in [1.807, 2.05) is 35.8 Å². The zero-order chi connectivity index (χ0) is 23.1. The number of nitrogens with zero attached hydrogens (tertiary/aromatic N) is 4. The van der Waals surface area contributed by atoms with E-state index < -0.39 is 0 Å². The molecule has 2 aromatic carbocycles. The number of rotatable bonds is 8. The van der Waals surface area contributed by atoms with Gasteiger partial charge in [0.05, 0.1) is 23.3 Å². The maximum absolute atomic E-state index is 12.6. The number of amides is 1. The minimum absolute atomic E-state index is 0.0943. The lowest BCUT2D eigenvalue weighted by atomic mass is 9.87. The largest absolute Gasteiger partial charge is 0.324 e. The Morgan fingerprint density at radius 1 is 1.09 bits per heavy atom. The van der Waals surface area contributed by atoms with Gasteiger partial charge in [0.15, 0.2) is 11.0 Å². The van der Waals surface area contributed by atoms with Crippen molar-refractivity contribution in [3.8, 4) is 17.5 Å². The first-order valence-electron chi connectivity index (χ1n) is 10.4. The monoisotopic (exact) mass is 465 g/mol. The highest BCUT2D eigenvalue weighted by Crippen LogP contribution is 2.29. The molecule has 3 aromatic rings. The third-order valence-electron chi connectivity index (χ3n) is 4.83. The Morgan fingerprint density at radius 3 is 2.47 bits per heavy atom. The van der Waals surface area contributed by atoms with Gasteiger partial charge in [-0.05, 0) is 30.0 Å². The maximum atomic E-state index is 12.6. The van der Waals surface area contributed by atoms with Crippen molar-refractivity contribution in [1.82, 2.24) is 14.8 Å². The number of para-hydroxylation sites is 1. The van der Waals surface area contributed by atoms with Crippen LogP contribution in [-0.4, -0.2) is 32.2 Å². The van der Waals surface area contributed by atoms with Gasteiger partial charge in [-0.15, -0.1) is 22.0 Å². The van der Waals surface area contributed by atoms with E-state index in [1.165, 1.54) is 29.1 Å². The van der Waals surface area contributed by atoms with Crippen LogP contribution >= 0.6 is 23.5 Å². The molecule has 1 heterocycles. The molecule has 166 valence electrons. The summed E-state index contributed by atoms with van der Waals surface area (Å²) < 4.78 is 2.03. The molecule has 1 aromatic heterocycles. The van der Waals surface area contributed by atoms with Crippen LogP contribution in [0.25, 0.3) is 11.4 Å². The summed E-state index contributed by atoms with van der Waals surface area (Å²) in [5.74, 6) is 1.23. The molecule has 0 aliphatic carbocycles. The first kappa shape index (κ1) is 23.9. The van der Waals surface area contributed by atoms with E-state index in [-0.39, 0.29) is 17.1 Å². The molecule has 3 rings (SSSR count). The van der Waals surface area contributed by atoms with Gasteiger partial charge in [0.25, 0.3) is 0 Å². The van der Waals surface area contributed by atoms with E-state index in [0.29, 0.717) is 17.5 Å². The highest BCUT2D eigenvalue weighted by atomic mass is 32.2. The van der Waals surface area contributed by atoms with Gasteiger partial charge in [-0.1, -0.05) is 68.9 Å². The third-order valence-corrected chi connectivity index (χ3v) is 6.74.